The van der Waals surface area contributed by atoms with Crippen LogP contribution in [0.15, 0.2) is 114 Å². The van der Waals surface area contributed by atoms with Crippen molar-refractivity contribution < 1.29 is 38.9 Å². The smallest absolute Gasteiger partial charge is 0.338 e. The molecule has 0 saturated carbocycles. The van der Waals surface area contributed by atoms with Crippen molar-refractivity contribution in [1.82, 2.24) is 0 Å². The number of oxime groups is 1. The third kappa shape index (κ3) is 11.0. The lowest BCUT2D eigenvalue weighted by Crippen LogP contribution is -2.19. The summed E-state index contributed by atoms with van der Waals surface area (Å²) in [6, 6.07) is 34.4. The molecule has 3 atom stereocenters. The molecule has 0 spiro atoms. The lowest BCUT2D eigenvalue weighted by atomic mass is 10.0. The number of aliphatic hydroxyl groups is 2. The number of aliphatic hydroxyl groups excluding tert-OH is 2. The van der Waals surface area contributed by atoms with Gasteiger partial charge >= 0.3 is 11.9 Å². The number of hydrogen-bond acceptors (Lipinski definition) is 9. The van der Waals surface area contributed by atoms with E-state index in [2.05, 4.69) is 9.99 Å². The van der Waals surface area contributed by atoms with Crippen LogP contribution in [0.3, 0.4) is 0 Å². The summed E-state index contributed by atoms with van der Waals surface area (Å²) >= 11 is 0. The van der Waals surface area contributed by atoms with Crippen LogP contribution in [0.25, 0.3) is 22.3 Å². The van der Waals surface area contributed by atoms with Crippen LogP contribution in [0.1, 0.15) is 46.4 Å². The predicted octanol–water partition coefficient (Wildman–Crippen LogP) is 6.29. The third-order valence-corrected chi connectivity index (χ3v) is 7.16. The number of carbonyl (C=O) groups excluding carboxylic acids is 2. The van der Waals surface area contributed by atoms with E-state index >= 15 is 0 Å². The molecule has 0 bridgehead atoms. The second-order valence-electron chi connectivity index (χ2n) is 10.6. The highest BCUT2D eigenvalue weighted by molar-refractivity contribution is 5.90. The Hall–Kier alpha value is -4.83. The Balaban J connectivity index is 0.000000209. The van der Waals surface area contributed by atoms with E-state index in [1.165, 1.54) is 7.11 Å². The predicted molar refractivity (Wildman–Crippen MR) is 175 cm³/mol. The van der Waals surface area contributed by atoms with E-state index in [0.29, 0.717) is 36.8 Å². The highest BCUT2D eigenvalue weighted by Crippen LogP contribution is 2.22. The maximum absolute atomic E-state index is 12.0. The van der Waals surface area contributed by atoms with Crippen molar-refractivity contribution >= 4 is 18.2 Å². The Bertz CT molecular complexity index is 1510. The molecule has 5 rings (SSSR count). The molecule has 1 aliphatic heterocycles. The summed E-state index contributed by atoms with van der Waals surface area (Å²) in [5, 5.41) is 22.6. The van der Waals surface area contributed by atoms with Crippen molar-refractivity contribution in [2.75, 3.05) is 20.3 Å². The van der Waals surface area contributed by atoms with Gasteiger partial charge in [0.2, 0.25) is 0 Å². The van der Waals surface area contributed by atoms with E-state index in [9.17, 15) is 19.8 Å². The molecular weight excluding hydrogens is 586 g/mol. The van der Waals surface area contributed by atoms with E-state index in [0.717, 1.165) is 22.3 Å². The van der Waals surface area contributed by atoms with E-state index in [1.807, 2.05) is 84.9 Å². The zero-order valence-electron chi connectivity index (χ0n) is 25.7. The summed E-state index contributed by atoms with van der Waals surface area (Å²) in [7, 11) is 1.46. The van der Waals surface area contributed by atoms with Crippen molar-refractivity contribution in [2.45, 2.75) is 44.2 Å². The molecule has 1 saturated heterocycles. The highest BCUT2D eigenvalue weighted by Gasteiger charge is 2.24. The summed E-state index contributed by atoms with van der Waals surface area (Å²) in [6.07, 6.45) is 2.21. The van der Waals surface area contributed by atoms with Crippen molar-refractivity contribution in [3.8, 4) is 22.3 Å². The summed E-state index contributed by atoms with van der Waals surface area (Å²) in [6.45, 7) is 0.135. The first-order valence-corrected chi connectivity index (χ1v) is 15.1. The summed E-state index contributed by atoms with van der Waals surface area (Å²) in [4.78, 5) is 28.5. The fourth-order valence-corrected chi connectivity index (χ4v) is 4.65. The van der Waals surface area contributed by atoms with Gasteiger partial charge in [-0.15, -0.1) is 0 Å². The molecule has 46 heavy (non-hydrogen) atoms. The van der Waals surface area contributed by atoms with Crippen LogP contribution < -0.4 is 0 Å². The minimum atomic E-state index is -0.728. The number of esters is 2. The van der Waals surface area contributed by atoms with Gasteiger partial charge in [-0.25, -0.2) is 9.59 Å². The number of ether oxygens (including phenoxy) is 3. The van der Waals surface area contributed by atoms with Gasteiger partial charge in [0.1, 0.15) is 20.3 Å². The Morgan fingerprint density at radius 2 is 1.28 bits per heavy atom. The van der Waals surface area contributed by atoms with Gasteiger partial charge in [-0.3, -0.25) is 0 Å². The van der Waals surface area contributed by atoms with Gasteiger partial charge < -0.3 is 29.3 Å². The van der Waals surface area contributed by atoms with Gasteiger partial charge in [0, 0.05) is 12.6 Å². The molecule has 9 heteroatoms. The average molecular weight is 626 g/mol. The SMILES string of the molecule is CON=CCC[C@H](O)COC(=O)c1ccc(-c2ccccc2)cc1.O=C(OC[C@@H]1CCC(O)O1)c1ccc(-c2ccccc2)cc1. The fourth-order valence-electron chi connectivity index (χ4n) is 4.65. The Labute approximate surface area is 269 Å². The zero-order chi connectivity index (χ0) is 32.6. The van der Waals surface area contributed by atoms with Crippen molar-refractivity contribution in [2.24, 2.45) is 5.16 Å². The van der Waals surface area contributed by atoms with Gasteiger partial charge in [-0.1, -0.05) is 90.1 Å². The topological polar surface area (TPSA) is 124 Å². The molecule has 4 aromatic rings. The lowest BCUT2D eigenvalue weighted by Gasteiger charge is -2.11. The van der Waals surface area contributed by atoms with Crippen LogP contribution in [-0.4, -0.2) is 67.2 Å². The van der Waals surface area contributed by atoms with Gasteiger partial charge in [0.05, 0.1) is 23.3 Å². The first-order valence-electron chi connectivity index (χ1n) is 15.1. The highest BCUT2D eigenvalue weighted by atomic mass is 16.6. The molecule has 9 nitrogen and oxygen atoms in total. The lowest BCUT2D eigenvalue weighted by molar-refractivity contribution is -0.103. The van der Waals surface area contributed by atoms with E-state index in [1.54, 1.807) is 30.5 Å². The molecule has 0 aromatic heterocycles. The third-order valence-electron chi connectivity index (χ3n) is 7.16. The Morgan fingerprint density at radius 1 is 0.783 bits per heavy atom. The summed E-state index contributed by atoms with van der Waals surface area (Å²) in [5.74, 6) is -0.816. The minimum Gasteiger partial charge on any atom is -0.459 e. The van der Waals surface area contributed by atoms with Crippen LogP contribution in [0.2, 0.25) is 0 Å². The molecule has 4 aromatic carbocycles. The Morgan fingerprint density at radius 3 is 1.76 bits per heavy atom. The van der Waals surface area contributed by atoms with Gasteiger partial charge in [0.25, 0.3) is 0 Å². The largest absolute Gasteiger partial charge is 0.459 e. The normalized spacial score (nSPS) is 16.2. The van der Waals surface area contributed by atoms with Crippen LogP contribution in [0.4, 0.5) is 0 Å². The van der Waals surface area contributed by atoms with E-state index < -0.39 is 18.4 Å². The second kappa shape index (κ2) is 18.2. The van der Waals surface area contributed by atoms with Crippen LogP contribution >= 0.6 is 0 Å². The van der Waals surface area contributed by atoms with Gasteiger partial charge in [0.15, 0.2) is 6.29 Å². The molecule has 1 fully saturated rings. The number of rotatable bonds is 12. The maximum atomic E-state index is 12.0. The van der Waals surface area contributed by atoms with E-state index in [-0.39, 0.29) is 25.3 Å². The summed E-state index contributed by atoms with van der Waals surface area (Å²) < 4.78 is 15.6. The Kier molecular flexibility index (Phi) is 13.5. The fraction of sp³-hybridized carbons (Fsp3) is 0.270. The summed E-state index contributed by atoms with van der Waals surface area (Å²) in [5.41, 5.74) is 5.26. The van der Waals surface area contributed by atoms with Crippen LogP contribution in [-0.2, 0) is 19.0 Å². The molecule has 1 aliphatic rings. The first-order chi connectivity index (χ1) is 22.4. The molecular formula is C37H39NO8. The minimum absolute atomic E-state index is 0.0416. The van der Waals surface area contributed by atoms with Gasteiger partial charge in [-0.05, 0) is 65.8 Å². The van der Waals surface area contributed by atoms with Crippen molar-refractivity contribution in [1.29, 1.82) is 0 Å². The number of benzene rings is 4. The first kappa shape index (κ1) is 34.1. The quantitative estimate of drug-likeness (QED) is 0.107. The van der Waals surface area contributed by atoms with Gasteiger partial charge in [-0.2, -0.15) is 0 Å². The average Bonchev–Trinajstić information content (AvgIpc) is 3.54. The van der Waals surface area contributed by atoms with E-state index in [4.69, 9.17) is 14.2 Å². The molecule has 240 valence electrons. The molecule has 2 N–H and O–H groups in total. The molecule has 0 aliphatic carbocycles. The number of hydrogen-bond donors (Lipinski definition) is 2. The zero-order valence-corrected chi connectivity index (χ0v) is 25.7. The van der Waals surface area contributed by atoms with Crippen LogP contribution in [0.5, 0.6) is 0 Å². The molecule has 0 radical (unpaired) electrons. The van der Waals surface area contributed by atoms with Crippen molar-refractivity contribution in [3.05, 3.63) is 120 Å². The number of nitrogens with zero attached hydrogens (tertiary/aromatic N) is 1. The van der Waals surface area contributed by atoms with Crippen molar-refractivity contribution in [3.63, 3.8) is 0 Å². The second-order valence-corrected chi connectivity index (χ2v) is 10.6. The standard InChI is InChI=1S/C19H21NO4.C18H18O4/c1-23-20-13-5-8-18(21)14-24-19(22)17-11-9-16(10-12-17)15-6-3-2-4-7-15;19-17-11-10-16(22-17)12-21-18(20)15-8-6-14(7-9-15)13-4-2-1-3-5-13/h2-4,6-7,9-13,18,21H,5,8,14H2,1H3;1-9,16-17,19H,10-12H2/t18-;16-,17?/m00/s1. The molecule has 1 heterocycles. The molecule has 0 amide bonds. The maximum Gasteiger partial charge on any atom is 0.338 e. The van der Waals surface area contributed by atoms with Crippen LogP contribution in [0, 0.1) is 0 Å². The monoisotopic (exact) mass is 625 g/mol. The number of carbonyl (C=O) groups is 2. The molecule has 1 unspecified atom stereocenters.